The summed E-state index contributed by atoms with van der Waals surface area (Å²) in [5.41, 5.74) is 12.6. The van der Waals surface area contributed by atoms with Gasteiger partial charge in [0.1, 0.15) is 0 Å². The van der Waals surface area contributed by atoms with Crippen LogP contribution >= 0.6 is 15.9 Å². The lowest BCUT2D eigenvalue weighted by molar-refractivity contribution is 1.16. The van der Waals surface area contributed by atoms with Gasteiger partial charge in [-0.2, -0.15) is 0 Å². The third-order valence-electron chi connectivity index (χ3n) is 9.19. The number of hydrogen-bond acceptors (Lipinski definition) is 3. The van der Waals surface area contributed by atoms with Crippen LogP contribution in [0.15, 0.2) is 181 Å². The lowest BCUT2D eigenvalue weighted by Crippen LogP contribution is -1.98. The molecule has 5 heteroatoms. The van der Waals surface area contributed by atoms with Crippen molar-refractivity contribution in [3.8, 4) is 61.8 Å². The van der Waals surface area contributed by atoms with Crippen molar-refractivity contribution < 1.29 is 0 Å². The Morgan fingerprint density at radius 1 is 0.400 bits per heavy atom. The van der Waals surface area contributed by atoms with E-state index in [1.54, 1.807) is 0 Å². The summed E-state index contributed by atoms with van der Waals surface area (Å²) < 4.78 is 3.31. The Balaban J connectivity index is 1.20. The summed E-state index contributed by atoms with van der Waals surface area (Å²) in [5, 5.41) is 2.45. The first-order valence-electron chi connectivity index (χ1n) is 16.5. The zero-order valence-corrected chi connectivity index (χ0v) is 28.5. The van der Waals surface area contributed by atoms with Crippen LogP contribution in [0.2, 0.25) is 0 Å². The Morgan fingerprint density at radius 2 is 0.900 bits per heavy atom. The number of rotatable bonds is 6. The zero-order chi connectivity index (χ0) is 33.4. The second-order valence-corrected chi connectivity index (χ2v) is 13.2. The van der Waals surface area contributed by atoms with Gasteiger partial charge in [0.05, 0.1) is 22.4 Å². The number of fused-ring (bicyclic) bond motifs is 3. The molecule has 3 aromatic heterocycles. The molecule has 0 saturated heterocycles. The summed E-state index contributed by atoms with van der Waals surface area (Å²) in [6, 6.07) is 57.3. The van der Waals surface area contributed by atoms with Crippen molar-refractivity contribution in [2.24, 2.45) is 0 Å². The first-order chi connectivity index (χ1) is 24.7. The minimum atomic E-state index is 0.671. The molecule has 0 fully saturated rings. The minimum absolute atomic E-state index is 0.671. The maximum atomic E-state index is 5.20. The molecule has 4 nitrogen and oxygen atoms in total. The topological polar surface area (TPSA) is 43.6 Å². The average Bonchev–Trinajstić information content (AvgIpc) is 3.53. The van der Waals surface area contributed by atoms with E-state index >= 15 is 0 Å². The van der Waals surface area contributed by atoms with Crippen molar-refractivity contribution in [3.05, 3.63) is 181 Å². The third kappa shape index (κ3) is 5.58. The van der Waals surface area contributed by atoms with Crippen LogP contribution in [0, 0.1) is 0 Å². The molecule has 3 heterocycles. The van der Waals surface area contributed by atoms with Gasteiger partial charge in [0, 0.05) is 50.0 Å². The van der Waals surface area contributed by atoms with Crippen molar-refractivity contribution in [2.75, 3.05) is 0 Å². The number of hydrogen-bond donors (Lipinski definition) is 0. The number of benzene rings is 6. The second-order valence-electron chi connectivity index (χ2n) is 12.3. The third-order valence-corrected chi connectivity index (χ3v) is 9.65. The fourth-order valence-electron chi connectivity index (χ4n) is 6.74. The molecule has 0 unspecified atom stereocenters. The maximum Gasteiger partial charge on any atom is 0.160 e. The molecule has 0 bridgehead atoms. The van der Waals surface area contributed by atoms with E-state index in [-0.39, 0.29) is 0 Å². The SMILES string of the molecule is Brc1cc(-c2cc(-c3ccc(-c4ccccc4)cc3)nc(-c3ccc(-c4ccncc4)cc3)n2)cc(-n2c3ccccc3c3ccccc32)c1. The van der Waals surface area contributed by atoms with E-state index in [0.29, 0.717) is 5.82 Å². The highest BCUT2D eigenvalue weighted by molar-refractivity contribution is 9.10. The average molecular weight is 706 g/mol. The molecule has 50 heavy (non-hydrogen) atoms. The number of para-hydroxylation sites is 2. The lowest BCUT2D eigenvalue weighted by Gasteiger charge is -2.13. The minimum Gasteiger partial charge on any atom is -0.309 e. The van der Waals surface area contributed by atoms with Crippen LogP contribution in [0.5, 0.6) is 0 Å². The molecule has 0 spiro atoms. The second kappa shape index (κ2) is 12.7. The maximum absolute atomic E-state index is 5.20. The first kappa shape index (κ1) is 29.9. The Labute approximate surface area is 298 Å². The molecule has 0 atom stereocenters. The van der Waals surface area contributed by atoms with Crippen LogP contribution in [0.4, 0.5) is 0 Å². The van der Waals surface area contributed by atoms with Crippen LogP contribution in [-0.4, -0.2) is 19.5 Å². The molecule has 0 saturated carbocycles. The quantitative estimate of drug-likeness (QED) is 0.173. The smallest absolute Gasteiger partial charge is 0.160 e. The number of nitrogens with zero attached hydrogens (tertiary/aromatic N) is 4. The van der Waals surface area contributed by atoms with Gasteiger partial charge in [0.15, 0.2) is 5.82 Å². The number of pyridine rings is 1. The van der Waals surface area contributed by atoms with E-state index in [9.17, 15) is 0 Å². The molecule has 0 aliphatic heterocycles. The summed E-state index contributed by atoms with van der Waals surface area (Å²) >= 11 is 3.85. The molecule has 9 aromatic rings. The number of halogens is 1. The normalized spacial score (nSPS) is 11.3. The molecular formula is C45H29BrN4. The highest BCUT2D eigenvalue weighted by Crippen LogP contribution is 2.36. The Morgan fingerprint density at radius 3 is 1.54 bits per heavy atom. The van der Waals surface area contributed by atoms with Gasteiger partial charge in [-0.05, 0) is 70.8 Å². The fraction of sp³-hybridized carbons (Fsp3) is 0. The fourth-order valence-corrected chi connectivity index (χ4v) is 7.23. The molecule has 6 aromatic carbocycles. The monoisotopic (exact) mass is 704 g/mol. The Kier molecular flexibility index (Phi) is 7.60. The van der Waals surface area contributed by atoms with Crippen LogP contribution in [0.3, 0.4) is 0 Å². The van der Waals surface area contributed by atoms with Crippen LogP contribution in [0.1, 0.15) is 0 Å². The summed E-state index contributed by atoms with van der Waals surface area (Å²) in [7, 11) is 0. The van der Waals surface area contributed by atoms with Gasteiger partial charge in [-0.25, -0.2) is 9.97 Å². The van der Waals surface area contributed by atoms with Crippen LogP contribution < -0.4 is 0 Å². The van der Waals surface area contributed by atoms with Gasteiger partial charge in [-0.3, -0.25) is 4.98 Å². The van der Waals surface area contributed by atoms with E-state index in [0.717, 1.165) is 60.4 Å². The standard InChI is InChI=1S/C45H29BrN4/c46-37-26-36(27-38(28-37)50-43-12-6-4-10-39(43)40-11-5-7-13-44(40)50)42-29-41(34-18-14-31(15-19-34)30-8-2-1-3-9-30)48-45(49-42)35-20-16-32(17-21-35)33-22-24-47-25-23-33/h1-29H. The molecule has 0 aliphatic carbocycles. The van der Waals surface area contributed by atoms with Crippen LogP contribution in [0.25, 0.3) is 83.6 Å². The van der Waals surface area contributed by atoms with Gasteiger partial charge in [-0.15, -0.1) is 0 Å². The summed E-state index contributed by atoms with van der Waals surface area (Å²) in [6.07, 6.45) is 3.63. The Hall–Kier alpha value is -6.17. The predicted molar refractivity (Wildman–Crippen MR) is 209 cm³/mol. The van der Waals surface area contributed by atoms with Gasteiger partial charge in [0.25, 0.3) is 0 Å². The molecule has 0 radical (unpaired) electrons. The van der Waals surface area contributed by atoms with E-state index in [1.807, 2.05) is 30.6 Å². The van der Waals surface area contributed by atoms with E-state index in [2.05, 4.69) is 171 Å². The summed E-state index contributed by atoms with van der Waals surface area (Å²) in [5.74, 6) is 0.671. The van der Waals surface area contributed by atoms with Gasteiger partial charge in [0.2, 0.25) is 0 Å². The summed E-state index contributed by atoms with van der Waals surface area (Å²) in [6.45, 7) is 0. The summed E-state index contributed by atoms with van der Waals surface area (Å²) in [4.78, 5) is 14.5. The van der Waals surface area contributed by atoms with Crippen molar-refractivity contribution in [2.45, 2.75) is 0 Å². The van der Waals surface area contributed by atoms with E-state index < -0.39 is 0 Å². The van der Waals surface area contributed by atoms with Crippen molar-refractivity contribution in [1.82, 2.24) is 19.5 Å². The first-order valence-corrected chi connectivity index (χ1v) is 17.3. The molecule has 9 rings (SSSR count). The zero-order valence-electron chi connectivity index (χ0n) is 26.9. The molecule has 0 amide bonds. The van der Waals surface area contributed by atoms with Crippen molar-refractivity contribution in [3.63, 3.8) is 0 Å². The lowest BCUT2D eigenvalue weighted by atomic mass is 10.0. The molecular weight excluding hydrogens is 676 g/mol. The molecule has 0 N–H and O–H groups in total. The van der Waals surface area contributed by atoms with Crippen LogP contribution in [-0.2, 0) is 0 Å². The Bertz CT molecular complexity index is 2480. The van der Waals surface area contributed by atoms with Gasteiger partial charge >= 0.3 is 0 Å². The predicted octanol–water partition coefficient (Wildman–Crippen LogP) is 12.1. The van der Waals surface area contributed by atoms with Gasteiger partial charge < -0.3 is 4.57 Å². The van der Waals surface area contributed by atoms with E-state index in [4.69, 9.17) is 9.97 Å². The van der Waals surface area contributed by atoms with Crippen molar-refractivity contribution >= 4 is 37.7 Å². The molecule has 0 aliphatic rings. The van der Waals surface area contributed by atoms with Gasteiger partial charge in [-0.1, -0.05) is 131 Å². The highest BCUT2D eigenvalue weighted by atomic mass is 79.9. The number of aromatic nitrogens is 4. The highest BCUT2D eigenvalue weighted by Gasteiger charge is 2.16. The van der Waals surface area contributed by atoms with E-state index in [1.165, 1.54) is 21.9 Å². The largest absolute Gasteiger partial charge is 0.309 e. The van der Waals surface area contributed by atoms with Crippen molar-refractivity contribution in [1.29, 1.82) is 0 Å². The molecule has 236 valence electrons.